The molecule has 28 heavy (non-hydrogen) atoms. The Kier molecular flexibility index (Phi) is 4.17. The molecular weight excluding hydrogens is 371 g/mol. The zero-order chi connectivity index (χ0) is 19.4. The van der Waals surface area contributed by atoms with Crippen LogP contribution in [0.25, 0.3) is 11.3 Å². The molecule has 1 aliphatic heterocycles. The largest absolute Gasteiger partial charge is 0.497 e. The second-order valence-electron chi connectivity index (χ2n) is 8.14. The van der Waals surface area contributed by atoms with Crippen LogP contribution >= 0.6 is 11.3 Å². The predicted octanol–water partition coefficient (Wildman–Crippen LogP) is 3.56. The molecule has 1 spiro atoms. The molecular formula is C20H23BN4O2S. The third kappa shape index (κ3) is 2.90. The van der Waals surface area contributed by atoms with Crippen LogP contribution < -0.4 is 15.8 Å². The molecule has 2 radical (unpaired) electrons. The van der Waals surface area contributed by atoms with Gasteiger partial charge in [0, 0.05) is 16.9 Å². The Bertz CT molecular complexity index is 907. The molecule has 0 saturated heterocycles. The molecule has 2 heterocycles. The highest BCUT2D eigenvalue weighted by Crippen LogP contribution is 2.60. The number of ether oxygens (including phenoxy) is 2. The molecule has 1 aromatic heterocycles. The van der Waals surface area contributed by atoms with E-state index in [4.69, 9.17) is 23.1 Å². The van der Waals surface area contributed by atoms with E-state index in [1.54, 1.807) is 7.11 Å². The normalized spacial score (nSPS) is 33.6. The van der Waals surface area contributed by atoms with Crippen molar-refractivity contribution >= 4 is 30.3 Å². The van der Waals surface area contributed by atoms with Gasteiger partial charge in [-0.05, 0) is 43.5 Å². The zero-order valence-electron chi connectivity index (χ0n) is 15.9. The van der Waals surface area contributed by atoms with Crippen molar-refractivity contribution in [1.82, 2.24) is 4.98 Å². The van der Waals surface area contributed by atoms with Crippen molar-refractivity contribution in [1.29, 1.82) is 0 Å². The summed E-state index contributed by atoms with van der Waals surface area (Å²) in [5.41, 5.74) is 7.88. The topological polar surface area (TPSA) is 81.8 Å². The van der Waals surface area contributed by atoms with Crippen LogP contribution in [0.4, 0.5) is 5.13 Å². The maximum absolute atomic E-state index is 6.57. The van der Waals surface area contributed by atoms with E-state index in [9.17, 15) is 0 Å². The molecule has 144 valence electrons. The Balaban J connectivity index is 1.31. The molecule has 2 aromatic rings. The fourth-order valence-electron chi connectivity index (χ4n) is 4.90. The third-order valence-corrected chi connectivity index (χ3v) is 7.21. The molecule has 1 aromatic carbocycles. The number of thiazole rings is 1. The van der Waals surface area contributed by atoms with Crippen LogP contribution in [0.2, 0.25) is 5.31 Å². The molecule has 8 heteroatoms. The van der Waals surface area contributed by atoms with Gasteiger partial charge in [0.2, 0.25) is 0 Å². The summed E-state index contributed by atoms with van der Waals surface area (Å²) in [5, 5.41) is 5.79. The minimum atomic E-state index is -0.469. The van der Waals surface area contributed by atoms with Gasteiger partial charge in [0.05, 0.1) is 20.7 Å². The van der Waals surface area contributed by atoms with Gasteiger partial charge >= 0.3 is 0 Å². The summed E-state index contributed by atoms with van der Waals surface area (Å²) in [6.07, 6.45) is 4.61. The summed E-state index contributed by atoms with van der Waals surface area (Å²) in [7, 11) is 8.23. The molecule has 0 amide bonds. The van der Waals surface area contributed by atoms with Gasteiger partial charge < -0.3 is 15.2 Å². The second kappa shape index (κ2) is 6.49. The number of hydrogen-bond acceptors (Lipinski definition) is 7. The van der Waals surface area contributed by atoms with Crippen molar-refractivity contribution in [2.24, 2.45) is 16.6 Å². The summed E-state index contributed by atoms with van der Waals surface area (Å²) < 4.78 is 11.5. The number of hydrogen-bond donors (Lipinski definition) is 2. The fraction of sp³-hybridized carbons (Fsp3) is 0.500. The van der Waals surface area contributed by atoms with Crippen molar-refractivity contribution in [2.75, 3.05) is 12.4 Å². The molecule has 3 aliphatic carbocycles. The van der Waals surface area contributed by atoms with E-state index >= 15 is 0 Å². The van der Waals surface area contributed by atoms with Crippen molar-refractivity contribution < 1.29 is 9.47 Å². The summed E-state index contributed by atoms with van der Waals surface area (Å²) in [5.74, 6) is 1.24. The average Bonchev–Trinajstić information content (AvgIpc) is 3.27. The van der Waals surface area contributed by atoms with Crippen LogP contribution in [0.1, 0.15) is 32.1 Å². The lowest BCUT2D eigenvalue weighted by atomic mass is 9.46. The quantitative estimate of drug-likeness (QED) is 0.778. The van der Waals surface area contributed by atoms with Gasteiger partial charge in [-0.15, -0.1) is 11.3 Å². The fourth-order valence-corrected chi connectivity index (χ4v) is 5.60. The number of anilines is 1. The van der Waals surface area contributed by atoms with Crippen LogP contribution in [0.5, 0.6) is 5.75 Å². The summed E-state index contributed by atoms with van der Waals surface area (Å²) in [4.78, 5) is 9.23. The number of methoxy groups -OCH3 is 1. The van der Waals surface area contributed by atoms with E-state index < -0.39 is 5.60 Å². The molecule has 2 atom stereocenters. The lowest BCUT2D eigenvalue weighted by Gasteiger charge is -2.55. The molecule has 6 rings (SSSR count). The highest BCUT2D eigenvalue weighted by molar-refractivity contribution is 7.14. The zero-order valence-corrected chi connectivity index (χ0v) is 16.7. The number of nitrogens with zero attached hydrogens (tertiary/aromatic N) is 2. The Hall–Kier alpha value is -2.06. The van der Waals surface area contributed by atoms with Crippen molar-refractivity contribution in [3.05, 3.63) is 29.6 Å². The number of nitrogens with one attached hydrogen (secondary N) is 1. The Morgan fingerprint density at radius 3 is 2.71 bits per heavy atom. The maximum atomic E-state index is 6.57. The Morgan fingerprint density at radius 1 is 1.29 bits per heavy atom. The lowest BCUT2D eigenvalue weighted by molar-refractivity contribution is -0.0796. The predicted molar refractivity (Wildman–Crippen MR) is 112 cm³/mol. The van der Waals surface area contributed by atoms with E-state index in [0.29, 0.717) is 11.9 Å². The highest BCUT2D eigenvalue weighted by Gasteiger charge is 2.59. The Labute approximate surface area is 170 Å². The monoisotopic (exact) mass is 394 g/mol. The van der Waals surface area contributed by atoms with Crippen molar-refractivity contribution in [2.45, 2.75) is 49.2 Å². The van der Waals surface area contributed by atoms with Crippen LogP contribution in [-0.4, -0.2) is 37.7 Å². The van der Waals surface area contributed by atoms with Gasteiger partial charge in [-0.25, -0.2) is 9.98 Å². The van der Waals surface area contributed by atoms with E-state index in [1.165, 1.54) is 11.3 Å². The minimum Gasteiger partial charge on any atom is -0.497 e. The number of amidine groups is 1. The average molecular weight is 394 g/mol. The van der Waals surface area contributed by atoms with E-state index in [0.717, 1.165) is 54.2 Å². The van der Waals surface area contributed by atoms with Gasteiger partial charge in [0.25, 0.3) is 6.02 Å². The Morgan fingerprint density at radius 2 is 2.04 bits per heavy atom. The van der Waals surface area contributed by atoms with Crippen molar-refractivity contribution in [3.8, 4) is 17.0 Å². The third-order valence-electron chi connectivity index (χ3n) is 6.45. The van der Waals surface area contributed by atoms with Gasteiger partial charge in [0.1, 0.15) is 11.9 Å². The summed E-state index contributed by atoms with van der Waals surface area (Å²) >= 11 is 1.51. The number of aliphatic imine (C=N–C) groups is 1. The van der Waals surface area contributed by atoms with Crippen molar-refractivity contribution in [3.63, 3.8) is 0 Å². The summed E-state index contributed by atoms with van der Waals surface area (Å²) in [6, 6.07) is 8.29. The van der Waals surface area contributed by atoms with E-state index in [1.807, 2.05) is 29.6 Å². The maximum Gasteiger partial charge on any atom is 0.293 e. The van der Waals surface area contributed by atoms with Crippen LogP contribution in [-0.2, 0) is 4.74 Å². The van der Waals surface area contributed by atoms with Gasteiger partial charge in [-0.3, -0.25) is 5.32 Å². The minimum absolute atomic E-state index is 0.167. The van der Waals surface area contributed by atoms with E-state index in [-0.39, 0.29) is 11.5 Å². The SMILES string of the molecule is [B]C12CCC(CC1)[C@@]1(C2)OC(Nc2nc(-c3ccc(OC)cc3)cs2)=NC1N. The molecule has 3 fully saturated rings. The number of nitrogens with two attached hydrogens (primary N) is 1. The number of aromatic nitrogens is 1. The lowest BCUT2D eigenvalue weighted by Crippen LogP contribution is -2.58. The first-order valence-corrected chi connectivity index (χ1v) is 10.6. The van der Waals surface area contributed by atoms with E-state index in [2.05, 4.69) is 15.3 Å². The molecule has 6 nitrogen and oxygen atoms in total. The number of benzene rings is 1. The molecule has 3 saturated carbocycles. The second-order valence-corrected chi connectivity index (χ2v) is 9.00. The molecule has 4 aliphatic rings. The molecule has 1 unspecified atom stereocenters. The van der Waals surface area contributed by atoms with Gasteiger partial charge in [0.15, 0.2) is 10.7 Å². The molecule has 2 bridgehead atoms. The summed E-state index contributed by atoms with van der Waals surface area (Å²) in [6.45, 7) is 0. The van der Waals surface area contributed by atoms with Crippen LogP contribution in [0, 0.1) is 5.92 Å². The van der Waals surface area contributed by atoms with Crippen LogP contribution in [0.15, 0.2) is 34.6 Å². The first kappa shape index (κ1) is 18.0. The highest BCUT2D eigenvalue weighted by atomic mass is 32.1. The standard InChI is InChI=1S/C20H23BN4O2S/c1-26-14-4-2-12(3-5-14)15-10-28-18(23-15)25-17-24-16(22)20(27-17)11-19(21)8-6-13(20)7-9-19/h2-5,10,13,16H,6-9,11,22H2,1H3,(H,23,24,25)/t13?,16?,19?,20-/m1/s1. The van der Waals surface area contributed by atoms with Gasteiger partial charge in [-0.2, -0.15) is 0 Å². The van der Waals surface area contributed by atoms with Crippen LogP contribution in [0.3, 0.4) is 0 Å². The number of fused-ring (bicyclic) bond motifs is 2. The number of rotatable bonds is 3. The first-order valence-electron chi connectivity index (χ1n) is 9.68. The van der Waals surface area contributed by atoms with Gasteiger partial charge in [-0.1, -0.05) is 18.2 Å². The molecule has 3 N–H and O–H groups in total. The first-order chi connectivity index (χ1) is 13.5. The smallest absolute Gasteiger partial charge is 0.293 e.